The zero-order valence-corrected chi connectivity index (χ0v) is 11.5. The highest BCUT2D eigenvalue weighted by molar-refractivity contribution is 5.74. The minimum absolute atomic E-state index is 0.247. The van der Waals surface area contributed by atoms with Gasteiger partial charge in [-0.15, -0.1) is 0 Å². The minimum atomic E-state index is -0.260. The SMILES string of the molecule is Cc1cccc(-c2c3c([nH]c(=O)c2C#N)CCCC3)c1. The normalized spacial score (nSPS) is 13.6. The van der Waals surface area contributed by atoms with Crippen molar-refractivity contribution in [3.63, 3.8) is 0 Å². The second kappa shape index (κ2) is 4.97. The molecule has 2 aromatic rings. The van der Waals surface area contributed by atoms with E-state index in [9.17, 15) is 10.1 Å². The number of H-pyrrole nitrogens is 1. The summed E-state index contributed by atoms with van der Waals surface area (Å²) >= 11 is 0. The van der Waals surface area contributed by atoms with Crippen molar-refractivity contribution in [2.75, 3.05) is 0 Å². The Morgan fingerprint density at radius 1 is 1.25 bits per heavy atom. The predicted octanol–water partition coefficient (Wildman–Crippen LogP) is 3.10. The molecule has 0 amide bonds. The third-order valence-electron chi connectivity index (χ3n) is 3.93. The molecule has 0 bridgehead atoms. The van der Waals surface area contributed by atoms with Gasteiger partial charge in [0.15, 0.2) is 0 Å². The highest BCUT2D eigenvalue weighted by Crippen LogP contribution is 2.32. The summed E-state index contributed by atoms with van der Waals surface area (Å²) in [5.74, 6) is 0. The third-order valence-corrected chi connectivity index (χ3v) is 3.93. The number of nitrogens with one attached hydrogen (secondary N) is 1. The van der Waals surface area contributed by atoms with Crippen LogP contribution in [-0.2, 0) is 12.8 Å². The van der Waals surface area contributed by atoms with Gasteiger partial charge in [0.1, 0.15) is 11.6 Å². The van der Waals surface area contributed by atoms with Gasteiger partial charge in [-0.25, -0.2) is 0 Å². The zero-order chi connectivity index (χ0) is 14.1. The predicted molar refractivity (Wildman–Crippen MR) is 78.6 cm³/mol. The molecule has 20 heavy (non-hydrogen) atoms. The number of hydrogen-bond acceptors (Lipinski definition) is 2. The monoisotopic (exact) mass is 264 g/mol. The number of fused-ring (bicyclic) bond motifs is 1. The van der Waals surface area contributed by atoms with Crippen LogP contribution < -0.4 is 5.56 Å². The van der Waals surface area contributed by atoms with Gasteiger partial charge in [-0.2, -0.15) is 5.26 Å². The summed E-state index contributed by atoms with van der Waals surface area (Å²) in [6, 6.07) is 10.1. The first-order chi connectivity index (χ1) is 9.70. The van der Waals surface area contributed by atoms with Crippen molar-refractivity contribution in [2.24, 2.45) is 0 Å². The largest absolute Gasteiger partial charge is 0.325 e. The highest BCUT2D eigenvalue weighted by atomic mass is 16.1. The van der Waals surface area contributed by atoms with Crippen LogP contribution in [0.5, 0.6) is 0 Å². The summed E-state index contributed by atoms with van der Waals surface area (Å²) in [5.41, 5.74) is 5.10. The molecule has 0 radical (unpaired) electrons. The standard InChI is InChI=1S/C17H16N2O/c1-11-5-4-6-12(9-11)16-13-7-2-3-8-15(13)19-17(20)14(16)10-18/h4-6,9H,2-3,7-8H2,1H3,(H,19,20). The van der Waals surface area contributed by atoms with Gasteiger partial charge in [0.2, 0.25) is 0 Å². The number of aromatic amines is 1. The lowest BCUT2D eigenvalue weighted by atomic mass is 9.86. The number of rotatable bonds is 1. The van der Waals surface area contributed by atoms with E-state index in [4.69, 9.17) is 0 Å². The molecule has 1 aliphatic rings. The molecule has 1 aromatic carbocycles. The highest BCUT2D eigenvalue weighted by Gasteiger charge is 2.20. The van der Waals surface area contributed by atoms with E-state index in [2.05, 4.69) is 11.1 Å². The number of aryl methyl sites for hydroxylation is 2. The van der Waals surface area contributed by atoms with Gasteiger partial charge in [0.25, 0.3) is 5.56 Å². The fraction of sp³-hybridized carbons (Fsp3) is 0.294. The molecular formula is C17H16N2O. The molecular weight excluding hydrogens is 248 g/mol. The lowest BCUT2D eigenvalue weighted by Crippen LogP contribution is -2.20. The lowest BCUT2D eigenvalue weighted by Gasteiger charge is -2.20. The molecule has 3 rings (SSSR count). The van der Waals surface area contributed by atoms with E-state index in [0.29, 0.717) is 0 Å². The van der Waals surface area contributed by atoms with E-state index in [-0.39, 0.29) is 11.1 Å². The maximum Gasteiger partial charge on any atom is 0.266 e. The van der Waals surface area contributed by atoms with Gasteiger partial charge >= 0.3 is 0 Å². The van der Waals surface area contributed by atoms with Crippen LogP contribution in [0.3, 0.4) is 0 Å². The second-order valence-electron chi connectivity index (χ2n) is 5.35. The fourth-order valence-electron chi connectivity index (χ4n) is 3.01. The first kappa shape index (κ1) is 12.7. The Kier molecular flexibility index (Phi) is 3.15. The van der Waals surface area contributed by atoms with Crippen LogP contribution >= 0.6 is 0 Å². The van der Waals surface area contributed by atoms with Crippen LogP contribution in [0.25, 0.3) is 11.1 Å². The van der Waals surface area contributed by atoms with E-state index in [0.717, 1.165) is 53.6 Å². The fourth-order valence-corrected chi connectivity index (χ4v) is 3.01. The summed E-state index contributed by atoms with van der Waals surface area (Å²) < 4.78 is 0. The van der Waals surface area contributed by atoms with Crippen LogP contribution in [0.2, 0.25) is 0 Å². The Hall–Kier alpha value is -2.34. The molecule has 0 aliphatic heterocycles. The van der Waals surface area contributed by atoms with Gasteiger partial charge < -0.3 is 4.98 Å². The maximum absolute atomic E-state index is 12.1. The molecule has 1 aromatic heterocycles. The van der Waals surface area contributed by atoms with Crippen molar-refractivity contribution in [3.05, 3.63) is 57.0 Å². The molecule has 3 nitrogen and oxygen atoms in total. The van der Waals surface area contributed by atoms with E-state index in [1.54, 1.807) is 0 Å². The maximum atomic E-state index is 12.1. The van der Waals surface area contributed by atoms with Crippen molar-refractivity contribution in [1.82, 2.24) is 4.98 Å². The van der Waals surface area contributed by atoms with Crippen LogP contribution in [0.1, 0.15) is 35.2 Å². The molecule has 0 spiro atoms. The van der Waals surface area contributed by atoms with Gasteiger partial charge in [-0.1, -0.05) is 29.8 Å². The zero-order valence-electron chi connectivity index (χ0n) is 11.5. The number of aromatic nitrogens is 1. The van der Waals surface area contributed by atoms with E-state index in [1.165, 1.54) is 0 Å². The average Bonchev–Trinajstić information content (AvgIpc) is 2.45. The van der Waals surface area contributed by atoms with Gasteiger partial charge in [-0.3, -0.25) is 4.79 Å². The Morgan fingerprint density at radius 3 is 2.80 bits per heavy atom. The first-order valence-electron chi connectivity index (χ1n) is 6.96. The molecule has 0 saturated heterocycles. The number of benzene rings is 1. The molecule has 0 unspecified atom stereocenters. The van der Waals surface area contributed by atoms with E-state index < -0.39 is 0 Å². The van der Waals surface area contributed by atoms with Crippen LogP contribution in [0.4, 0.5) is 0 Å². The van der Waals surface area contributed by atoms with Crippen molar-refractivity contribution in [1.29, 1.82) is 5.26 Å². The molecule has 1 N–H and O–H groups in total. The quantitative estimate of drug-likeness (QED) is 0.860. The molecule has 3 heteroatoms. The summed E-state index contributed by atoms with van der Waals surface area (Å²) in [6.45, 7) is 2.02. The van der Waals surface area contributed by atoms with Crippen LogP contribution in [0, 0.1) is 18.3 Å². The van der Waals surface area contributed by atoms with Gasteiger partial charge in [0.05, 0.1) is 0 Å². The topological polar surface area (TPSA) is 56.6 Å². The summed E-state index contributed by atoms with van der Waals surface area (Å²) in [7, 11) is 0. The van der Waals surface area contributed by atoms with Crippen LogP contribution in [-0.4, -0.2) is 4.98 Å². The Balaban J connectivity index is 2.35. The number of nitriles is 1. The first-order valence-corrected chi connectivity index (χ1v) is 6.96. The van der Waals surface area contributed by atoms with Crippen molar-refractivity contribution < 1.29 is 0 Å². The second-order valence-corrected chi connectivity index (χ2v) is 5.35. The number of hydrogen-bond donors (Lipinski definition) is 1. The number of nitrogens with zero attached hydrogens (tertiary/aromatic N) is 1. The van der Waals surface area contributed by atoms with Gasteiger partial charge in [-0.05, 0) is 43.7 Å². The Labute approximate surface area is 117 Å². The summed E-state index contributed by atoms with van der Waals surface area (Å²) in [5, 5.41) is 9.36. The third kappa shape index (κ3) is 2.04. The summed E-state index contributed by atoms with van der Waals surface area (Å²) in [4.78, 5) is 15.0. The molecule has 0 atom stereocenters. The minimum Gasteiger partial charge on any atom is -0.325 e. The summed E-state index contributed by atoms with van der Waals surface area (Å²) in [6.07, 6.45) is 4.05. The van der Waals surface area contributed by atoms with Crippen LogP contribution in [0.15, 0.2) is 29.1 Å². The smallest absolute Gasteiger partial charge is 0.266 e. The van der Waals surface area contributed by atoms with E-state index >= 15 is 0 Å². The molecule has 1 heterocycles. The van der Waals surface area contributed by atoms with Crippen molar-refractivity contribution in [3.8, 4) is 17.2 Å². The van der Waals surface area contributed by atoms with Gasteiger partial charge in [0, 0.05) is 11.3 Å². The van der Waals surface area contributed by atoms with Crippen molar-refractivity contribution in [2.45, 2.75) is 32.6 Å². The molecule has 1 aliphatic carbocycles. The number of pyridine rings is 1. The Bertz CT molecular complexity index is 766. The average molecular weight is 264 g/mol. The molecule has 0 saturated carbocycles. The Morgan fingerprint density at radius 2 is 2.05 bits per heavy atom. The van der Waals surface area contributed by atoms with Crippen molar-refractivity contribution >= 4 is 0 Å². The lowest BCUT2D eigenvalue weighted by molar-refractivity contribution is 0.666. The molecule has 0 fully saturated rings. The van der Waals surface area contributed by atoms with E-state index in [1.807, 2.05) is 31.2 Å². The molecule has 100 valence electrons.